The molecule has 5 saturated carbocycles. The van der Waals surface area contributed by atoms with Crippen LogP contribution in [0, 0.1) is 51.2 Å². The van der Waals surface area contributed by atoms with Gasteiger partial charge in [-0.2, -0.15) is 0 Å². The summed E-state index contributed by atoms with van der Waals surface area (Å²) in [5.41, 5.74) is 0.433. The third kappa shape index (κ3) is 5.18. The van der Waals surface area contributed by atoms with E-state index in [2.05, 4.69) is 61.5 Å². The van der Waals surface area contributed by atoms with Gasteiger partial charge in [0.25, 0.3) is 0 Å². The lowest BCUT2D eigenvalue weighted by atomic mass is 9.35. The van der Waals surface area contributed by atoms with Gasteiger partial charge in [0.05, 0.1) is 30.0 Å². The lowest BCUT2D eigenvalue weighted by Gasteiger charge is -2.70. The molecule has 0 heterocycles. The van der Waals surface area contributed by atoms with Crippen LogP contribution in [0.15, 0.2) is 11.6 Å². The van der Waals surface area contributed by atoms with E-state index in [-0.39, 0.29) is 52.6 Å². The highest BCUT2D eigenvalue weighted by Crippen LogP contribution is 2.76. The summed E-state index contributed by atoms with van der Waals surface area (Å²) in [5, 5.41) is 65.5. The van der Waals surface area contributed by atoms with Crippen molar-refractivity contribution >= 4 is 0 Å². The predicted octanol–water partition coefficient (Wildman–Crippen LogP) is 4.99. The maximum absolute atomic E-state index is 12.3. The highest BCUT2D eigenvalue weighted by atomic mass is 16.5. The van der Waals surface area contributed by atoms with Gasteiger partial charge in [-0.15, -0.1) is 0 Å². The molecule has 5 aliphatic rings. The molecule has 7 nitrogen and oxygen atoms in total. The van der Waals surface area contributed by atoms with Crippen molar-refractivity contribution < 1.29 is 35.4 Å². The van der Waals surface area contributed by atoms with Crippen LogP contribution in [-0.4, -0.2) is 79.5 Å². The average Bonchev–Trinajstić information content (AvgIpc) is 3.33. The quantitative estimate of drug-likeness (QED) is 0.221. The second-order valence-electron chi connectivity index (χ2n) is 17.8. The van der Waals surface area contributed by atoms with E-state index in [1.165, 1.54) is 5.57 Å². The van der Waals surface area contributed by atoms with Crippen LogP contribution < -0.4 is 0 Å². The summed E-state index contributed by atoms with van der Waals surface area (Å²) < 4.78 is 6.96. The monoisotopic (exact) mass is 620 g/mol. The Hall–Kier alpha value is -0.540. The van der Waals surface area contributed by atoms with Crippen LogP contribution in [0.2, 0.25) is 0 Å². The molecule has 0 spiro atoms. The molecule has 44 heavy (non-hydrogen) atoms. The van der Waals surface area contributed by atoms with Crippen molar-refractivity contribution in [1.29, 1.82) is 0 Å². The normalized spacial score (nSPS) is 51.5. The molecule has 0 amide bonds. The van der Waals surface area contributed by atoms with E-state index in [4.69, 9.17) is 4.74 Å². The van der Waals surface area contributed by atoms with Crippen LogP contribution in [0.5, 0.6) is 0 Å². The highest BCUT2D eigenvalue weighted by Gasteiger charge is 2.71. The van der Waals surface area contributed by atoms with E-state index in [1.54, 1.807) is 0 Å². The summed E-state index contributed by atoms with van der Waals surface area (Å²) >= 11 is 0. The van der Waals surface area contributed by atoms with Crippen LogP contribution in [-0.2, 0) is 4.74 Å². The van der Waals surface area contributed by atoms with Gasteiger partial charge in [-0.05, 0) is 130 Å². The van der Waals surface area contributed by atoms with E-state index in [0.29, 0.717) is 11.8 Å². The van der Waals surface area contributed by atoms with Gasteiger partial charge in [0, 0.05) is 12.5 Å². The minimum Gasteiger partial charge on any atom is -0.396 e. The zero-order chi connectivity index (χ0) is 32.6. The average molecular weight is 621 g/mol. The summed E-state index contributed by atoms with van der Waals surface area (Å²) in [6, 6.07) is 0. The number of rotatable bonds is 7. The molecule has 5 rings (SSSR count). The predicted molar refractivity (Wildman–Crippen MR) is 172 cm³/mol. The Balaban J connectivity index is 1.49. The number of aliphatic hydroxyl groups is 6. The summed E-state index contributed by atoms with van der Waals surface area (Å²) in [7, 11) is 0. The lowest BCUT2D eigenvalue weighted by molar-refractivity contribution is -0.258. The molecule has 15 atom stereocenters. The number of aliphatic hydroxyl groups excluding tert-OH is 6. The van der Waals surface area contributed by atoms with E-state index in [1.807, 2.05) is 0 Å². The van der Waals surface area contributed by atoms with Gasteiger partial charge in [-0.3, -0.25) is 0 Å². The van der Waals surface area contributed by atoms with Crippen LogP contribution >= 0.6 is 0 Å². The first kappa shape index (κ1) is 34.8. The Morgan fingerprint density at radius 2 is 1.48 bits per heavy atom. The van der Waals surface area contributed by atoms with Crippen molar-refractivity contribution in [1.82, 2.24) is 0 Å². The molecule has 0 saturated heterocycles. The van der Waals surface area contributed by atoms with Gasteiger partial charge in [-0.25, -0.2) is 0 Å². The SMILES string of the molecule is CC(C)=CCCC(C)(O[C@@H]1C[C@H](CO)[C@@H](O)[C@H](O)[C@H]1O)[C@H]1CC[C@]2(C)[C@@H]1[C@H](O)C[C@@H]1[C@@]3(C)CC[C@H](O)C(C)(C)[C@@H]3CC[C@]12C. The fourth-order valence-electron chi connectivity index (χ4n) is 12.3. The molecule has 0 aromatic carbocycles. The van der Waals surface area contributed by atoms with Crippen molar-refractivity contribution in [2.45, 2.75) is 162 Å². The van der Waals surface area contributed by atoms with Crippen LogP contribution in [0.1, 0.15) is 120 Å². The molecule has 0 aromatic heterocycles. The fourth-order valence-corrected chi connectivity index (χ4v) is 12.3. The molecule has 1 unspecified atom stereocenters. The van der Waals surface area contributed by atoms with E-state index < -0.39 is 42.0 Å². The van der Waals surface area contributed by atoms with Crippen molar-refractivity contribution in [3.05, 3.63) is 11.6 Å². The standard InChI is InChI=1S/C37H64O7/c1-21(2)10-9-14-37(8,44-25-18-22(20-38)30(41)32(43)31(25)42)23-11-16-36(7)29(23)24(39)19-27-34(5)15-13-28(40)33(3,4)26(34)12-17-35(27,36)6/h10,22-32,38-43H,9,11-20H2,1-8H3/t22-,23+,24-,25-,26+,27-,28+,29+,30-,31+,32+,34+,35-,36-,37?/m1/s1. The van der Waals surface area contributed by atoms with Crippen LogP contribution in [0.3, 0.4) is 0 Å². The molecular weight excluding hydrogens is 556 g/mol. The number of ether oxygens (including phenoxy) is 1. The van der Waals surface area contributed by atoms with Crippen molar-refractivity contribution in [2.24, 2.45) is 51.2 Å². The molecule has 5 fully saturated rings. The number of fused-ring (bicyclic) bond motifs is 5. The number of hydrogen-bond acceptors (Lipinski definition) is 7. The van der Waals surface area contributed by atoms with Crippen molar-refractivity contribution in [2.75, 3.05) is 6.61 Å². The fraction of sp³-hybridized carbons (Fsp3) is 0.946. The van der Waals surface area contributed by atoms with Crippen molar-refractivity contribution in [3.63, 3.8) is 0 Å². The molecule has 254 valence electrons. The topological polar surface area (TPSA) is 131 Å². The maximum atomic E-state index is 12.3. The summed E-state index contributed by atoms with van der Waals surface area (Å²) in [5.74, 6) is 0.324. The van der Waals surface area contributed by atoms with E-state index >= 15 is 0 Å². The second-order valence-corrected chi connectivity index (χ2v) is 17.8. The highest BCUT2D eigenvalue weighted by molar-refractivity contribution is 5.20. The van der Waals surface area contributed by atoms with Gasteiger partial charge in [0.15, 0.2) is 0 Å². The Morgan fingerprint density at radius 1 is 0.818 bits per heavy atom. The molecule has 0 radical (unpaired) electrons. The lowest BCUT2D eigenvalue weighted by Crippen LogP contribution is -2.66. The van der Waals surface area contributed by atoms with Crippen molar-refractivity contribution in [3.8, 4) is 0 Å². The first-order valence-corrected chi connectivity index (χ1v) is 17.7. The van der Waals surface area contributed by atoms with Crippen LogP contribution in [0.25, 0.3) is 0 Å². The Morgan fingerprint density at radius 3 is 2.11 bits per heavy atom. The van der Waals surface area contributed by atoms with Gasteiger partial charge < -0.3 is 35.4 Å². The largest absolute Gasteiger partial charge is 0.396 e. The van der Waals surface area contributed by atoms with Gasteiger partial charge >= 0.3 is 0 Å². The Bertz CT molecular complexity index is 1070. The zero-order valence-electron chi connectivity index (χ0n) is 28.8. The number of allylic oxidation sites excluding steroid dienone is 2. The molecule has 0 aliphatic heterocycles. The minimum absolute atomic E-state index is 0.0349. The van der Waals surface area contributed by atoms with Gasteiger partial charge in [-0.1, -0.05) is 46.3 Å². The third-order valence-electron chi connectivity index (χ3n) is 15.1. The molecule has 0 aromatic rings. The molecule has 0 bridgehead atoms. The third-order valence-corrected chi connectivity index (χ3v) is 15.1. The first-order valence-electron chi connectivity index (χ1n) is 17.7. The molecule has 6 N–H and O–H groups in total. The summed E-state index contributed by atoms with van der Waals surface area (Å²) in [4.78, 5) is 0. The van der Waals surface area contributed by atoms with Gasteiger partial charge in [0.1, 0.15) is 12.2 Å². The Kier molecular flexibility index (Phi) is 9.37. The zero-order valence-corrected chi connectivity index (χ0v) is 28.8. The maximum Gasteiger partial charge on any atom is 0.109 e. The van der Waals surface area contributed by atoms with Gasteiger partial charge in [0.2, 0.25) is 0 Å². The minimum atomic E-state index is -1.38. The molecule has 7 heteroatoms. The first-order chi connectivity index (χ1) is 20.4. The molecular formula is C37H64O7. The Labute approximate surface area is 266 Å². The van der Waals surface area contributed by atoms with Crippen LogP contribution in [0.4, 0.5) is 0 Å². The summed E-state index contributed by atoms with van der Waals surface area (Å²) in [6.07, 6.45) is 5.44. The smallest absolute Gasteiger partial charge is 0.109 e. The summed E-state index contributed by atoms with van der Waals surface area (Å²) in [6.45, 7) is 18.0. The van der Waals surface area contributed by atoms with E-state index in [9.17, 15) is 30.6 Å². The molecule has 5 aliphatic carbocycles. The van der Waals surface area contributed by atoms with E-state index in [0.717, 1.165) is 57.8 Å². The number of hydrogen-bond donors (Lipinski definition) is 6. The second kappa shape index (κ2) is 11.9.